The van der Waals surface area contributed by atoms with Gasteiger partial charge in [-0.15, -0.1) is 0 Å². The van der Waals surface area contributed by atoms with Crippen LogP contribution in [0.15, 0.2) is 12.3 Å². The van der Waals surface area contributed by atoms with E-state index in [4.69, 9.17) is 15.6 Å². The molecule has 0 saturated carbocycles. The molecule has 1 aromatic heterocycles. The van der Waals surface area contributed by atoms with Crippen LogP contribution in [0.2, 0.25) is 0 Å². The number of ether oxygens (including phenoxy) is 1. The summed E-state index contributed by atoms with van der Waals surface area (Å²) in [6.07, 6.45) is 1.50. The van der Waals surface area contributed by atoms with E-state index in [9.17, 15) is 0 Å². The average Bonchev–Trinajstić information content (AvgIpc) is 2.01. The molecule has 0 fully saturated rings. The van der Waals surface area contributed by atoms with Crippen LogP contribution in [-0.4, -0.2) is 28.3 Å². The summed E-state index contributed by atoms with van der Waals surface area (Å²) in [7, 11) is 0. The van der Waals surface area contributed by atoms with E-state index < -0.39 is 0 Å². The van der Waals surface area contributed by atoms with E-state index in [0.29, 0.717) is 5.82 Å². The van der Waals surface area contributed by atoms with Crippen LogP contribution in [0.25, 0.3) is 0 Å². The minimum atomic E-state index is -0.0574. The number of rotatable bonds is 3. The molecule has 0 aromatic carbocycles. The van der Waals surface area contributed by atoms with Crippen molar-refractivity contribution in [1.82, 2.24) is 9.97 Å². The number of anilines is 1. The van der Waals surface area contributed by atoms with E-state index in [1.807, 2.05) is 0 Å². The van der Waals surface area contributed by atoms with Crippen LogP contribution in [0.5, 0.6) is 6.01 Å². The van der Waals surface area contributed by atoms with Gasteiger partial charge in [0.15, 0.2) is 0 Å². The summed E-state index contributed by atoms with van der Waals surface area (Å²) >= 11 is 0. The zero-order valence-corrected chi connectivity index (χ0v) is 5.90. The topological polar surface area (TPSA) is 81.3 Å². The van der Waals surface area contributed by atoms with Crippen LogP contribution in [0.1, 0.15) is 0 Å². The second kappa shape index (κ2) is 3.72. The van der Waals surface area contributed by atoms with Crippen LogP contribution in [0.4, 0.5) is 5.82 Å². The predicted octanol–water partition coefficient (Wildman–Crippen LogP) is -0.570. The Morgan fingerprint density at radius 2 is 2.45 bits per heavy atom. The Kier molecular flexibility index (Phi) is 2.62. The summed E-state index contributed by atoms with van der Waals surface area (Å²) in [5.74, 6) is 0.355. The molecule has 0 amide bonds. The molecular weight excluding hydrogens is 146 g/mol. The van der Waals surface area contributed by atoms with Gasteiger partial charge in [-0.1, -0.05) is 0 Å². The molecule has 0 atom stereocenters. The molecule has 3 N–H and O–H groups in total. The van der Waals surface area contributed by atoms with E-state index in [2.05, 4.69) is 9.97 Å². The Balaban J connectivity index is 2.56. The van der Waals surface area contributed by atoms with Gasteiger partial charge in [-0.2, -0.15) is 4.98 Å². The molecule has 11 heavy (non-hydrogen) atoms. The molecule has 5 heteroatoms. The Hall–Kier alpha value is -1.36. The van der Waals surface area contributed by atoms with Gasteiger partial charge in [0.2, 0.25) is 0 Å². The lowest BCUT2D eigenvalue weighted by atomic mass is 10.6. The van der Waals surface area contributed by atoms with Crippen molar-refractivity contribution in [2.45, 2.75) is 0 Å². The van der Waals surface area contributed by atoms with Crippen LogP contribution in [0, 0.1) is 0 Å². The fourth-order valence-electron chi connectivity index (χ4n) is 0.560. The highest BCUT2D eigenvalue weighted by atomic mass is 16.5. The third-order valence-electron chi connectivity index (χ3n) is 0.977. The third-order valence-corrected chi connectivity index (χ3v) is 0.977. The Bertz CT molecular complexity index is 229. The normalized spacial score (nSPS) is 9.55. The van der Waals surface area contributed by atoms with Gasteiger partial charge in [0.05, 0.1) is 6.61 Å². The van der Waals surface area contributed by atoms with Gasteiger partial charge in [0.25, 0.3) is 0 Å². The summed E-state index contributed by atoms with van der Waals surface area (Å²) in [6, 6.07) is 1.75. The fraction of sp³-hybridized carbons (Fsp3) is 0.333. The van der Waals surface area contributed by atoms with Crippen molar-refractivity contribution in [2.24, 2.45) is 0 Å². The van der Waals surface area contributed by atoms with Crippen molar-refractivity contribution in [1.29, 1.82) is 0 Å². The van der Waals surface area contributed by atoms with Crippen LogP contribution < -0.4 is 10.5 Å². The van der Waals surface area contributed by atoms with Gasteiger partial charge >= 0.3 is 6.01 Å². The molecule has 0 unspecified atom stereocenters. The molecule has 1 rings (SSSR count). The van der Waals surface area contributed by atoms with Gasteiger partial charge < -0.3 is 15.6 Å². The lowest BCUT2D eigenvalue weighted by Crippen LogP contribution is -2.05. The van der Waals surface area contributed by atoms with E-state index in [1.54, 1.807) is 6.07 Å². The maximum Gasteiger partial charge on any atom is 0.318 e. The van der Waals surface area contributed by atoms with E-state index in [-0.39, 0.29) is 19.2 Å². The molecule has 0 aliphatic heterocycles. The number of nitrogens with two attached hydrogens (primary N) is 1. The van der Waals surface area contributed by atoms with Gasteiger partial charge in [0, 0.05) is 6.20 Å². The lowest BCUT2D eigenvalue weighted by Gasteiger charge is -2.00. The Morgan fingerprint density at radius 3 is 3.09 bits per heavy atom. The van der Waals surface area contributed by atoms with Crippen molar-refractivity contribution >= 4 is 5.82 Å². The molecule has 0 bridgehead atoms. The number of hydrogen-bond acceptors (Lipinski definition) is 5. The summed E-state index contributed by atoms with van der Waals surface area (Å²) in [5.41, 5.74) is 5.34. The molecule has 1 aromatic rings. The van der Waals surface area contributed by atoms with E-state index in [1.165, 1.54) is 6.20 Å². The SMILES string of the molecule is Nc1ccnc(OCCO)n1. The molecule has 0 radical (unpaired) electrons. The van der Waals surface area contributed by atoms with E-state index in [0.717, 1.165) is 0 Å². The number of nitrogen functional groups attached to an aromatic ring is 1. The quantitative estimate of drug-likeness (QED) is 0.610. The zero-order chi connectivity index (χ0) is 8.10. The first-order valence-corrected chi connectivity index (χ1v) is 3.15. The van der Waals surface area contributed by atoms with Crippen molar-refractivity contribution < 1.29 is 9.84 Å². The van der Waals surface area contributed by atoms with Crippen molar-refractivity contribution in [3.63, 3.8) is 0 Å². The molecule has 0 aliphatic carbocycles. The van der Waals surface area contributed by atoms with Gasteiger partial charge in [0.1, 0.15) is 12.4 Å². The maximum atomic E-state index is 8.39. The van der Waals surface area contributed by atoms with Crippen molar-refractivity contribution in [2.75, 3.05) is 18.9 Å². The van der Waals surface area contributed by atoms with E-state index >= 15 is 0 Å². The highest BCUT2D eigenvalue weighted by Crippen LogP contribution is 2.02. The van der Waals surface area contributed by atoms with Gasteiger partial charge in [-0.3, -0.25) is 0 Å². The summed E-state index contributed by atoms with van der Waals surface area (Å²) in [4.78, 5) is 7.50. The van der Waals surface area contributed by atoms with Gasteiger partial charge in [-0.05, 0) is 6.07 Å². The number of nitrogens with zero attached hydrogens (tertiary/aromatic N) is 2. The minimum absolute atomic E-state index is 0.0574. The summed E-state index contributed by atoms with van der Waals surface area (Å²) in [5, 5.41) is 8.39. The monoisotopic (exact) mass is 155 g/mol. The second-order valence-corrected chi connectivity index (χ2v) is 1.84. The second-order valence-electron chi connectivity index (χ2n) is 1.84. The Labute approximate surface area is 63.8 Å². The first-order valence-electron chi connectivity index (χ1n) is 3.15. The molecular formula is C6H9N3O2. The van der Waals surface area contributed by atoms with Crippen LogP contribution in [-0.2, 0) is 0 Å². The lowest BCUT2D eigenvalue weighted by molar-refractivity contribution is 0.191. The first-order chi connectivity index (χ1) is 5.33. The highest BCUT2D eigenvalue weighted by Gasteiger charge is 1.95. The average molecular weight is 155 g/mol. The number of aromatic nitrogens is 2. The standard InChI is InChI=1S/C6H9N3O2/c7-5-1-2-8-6(9-5)11-4-3-10/h1-2,10H,3-4H2,(H2,7,8,9). The predicted molar refractivity (Wildman–Crippen MR) is 39.0 cm³/mol. The first kappa shape index (κ1) is 7.74. The number of hydrogen-bond donors (Lipinski definition) is 2. The summed E-state index contributed by atoms with van der Waals surface area (Å²) in [6.45, 7) is 0.127. The molecule has 5 nitrogen and oxygen atoms in total. The molecule has 60 valence electrons. The van der Waals surface area contributed by atoms with Crippen molar-refractivity contribution in [3.8, 4) is 6.01 Å². The van der Waals surface area contributed by atoms with Crippen molar-refractivity contribution in [3.05, 3.63) is 12.3 Å². The molecule has 0 aliphatic rings. The highest BCUT2D eigenvalue weighted by molar-refractivity contribution is 5.26. The number of aliphatic hydroxyl groups excluding tert-OH is 1. The smallest absolute Gasteiger partial charge is 0.318 e. The third kappa shape index (κ3) is 2.38. The Morgan fingerprint density at radius 1 is 1.64 bits per heavy atom. The number of aliphatic hydroxyl groups is 1. The van der Waals surface area contributed by atoms with Crippen LogP contribution >= 0.6 is 0 Å². The maximum absolute atomic E-state index is 8.39. The summed E-state index contributed by atoms with van der Waals surface area (Å²) < 4.78 is 4.88. The molecule has 1 heterocycles. The minimum Gasteiger partial charge on any atom is -0.461 e. The largest absolute Gasteiger partial charge is 0.461 e. The molecule has 0 saturated heterocycles. The fourth-order valence-corrected chi connectivity index (χ4v) is 0.560. The van der Waals surface area contributed by atoms with Crippen LogP contribution in [0.3, 0.4) is 0 Å². The van der Waals surface area contributed by atoms with Gasteiger partial charge in [-0.25, -0.2) is 4.98 Å². The zero-order valence-electron chi connectivity index (χ0n) is 5.90. The molecule has 0 spiro atoms.